The van der Waals surface area contributed by atoms with E-state index in [1.165, 1.54) is 35.1 Å². The summed E-state index contributed by atoms with van der Waals surface area (Å²) in [4.78, 5) is 21.6. The molecule has 0 radical (unpaired) electrons. The highest BCUT2D eigenvalue weighted by molar-refractivity contribution is 6.11. The van der Waals surface area contributed by atoms with Gasteiger partial charge in [0.25, 0.3) is 0 Å². The number of Topliss-reactive ketones (excluding diaryl/α,β-unsaturated/α-hetero) is 1. The monoisotopic (exact) mass is 404 g/mol. The van der Waals surface area contributed by atoms with Crippen LogP contribution in [0.2, 0.25) is 0 Å². The van der Waals surface area contributed by atoms with E-state index in [1.54, 1.807) is 13.1 Å². The van der Waals surface area contributed by atoms with Crippen molar-refractivity contribution in [2.24, 2.45) is 10.9 Å². The van der Waals surface area contributed by atoms with Gasteiger partial charge in [-0.1, -0.05) is 64.0 Å². The first-order valence-corrected chi connectivity index (χ1v) is 11.3. The number of pyridine rings is 1. The molecule has 1 aromatic heterocycles. The van der Waals surface area contributed by atoms with Crippen molar-refractivity contribution in [3.8, 4) is 0 Å². The van der Waals surface area contributed by atoms with Gasteiger partial charge in [0.1, 0.15) is 0 Å². The lowest BCUT2D eigenvalue weighted by atomic mass is 9.81. The fraction of sp³-hybridized carbons (Fsp3) is 0.444. The quantitative estimate of drug-likeness (QED) is 0.377. The summed E-state index contributed by atoms with van der Waals surface area (Å²) in [5, 5.41) is 0. The third kappa shape index (κ3) is 5.53. The molecule has 2 heterocycles. The number of rotatable bonds is 7. The molecule has 0 saturated heterocycles. The molecule has 1 aliphatic heterocycles. The maximum Gasteiger partial charge on any atom is 0.162 e. The van der Waals surface area contributed by atoms with E-state index in [0.29, 0.717) is 5.56 Å². The highest BCUT2D eigenvalue weighted by Crippen LogP contribution is 2.32. The summed E-state index contributed by atoms with van der Waals surface area (Å²) < 4.78 is 0. The van der Waals surface area contributed by atoms with Crippen LogP contribution < -0.4 is 0 Å². The van der Waals surface area contributed by atoms with Gasteiger partial charge in [-0.15, -0.1) is 0 Å². The number of aliphatic imine (C=N–C) groups is 1. The van der Waals surface area contributed by atoms with Crippen LogP contribution in [0.15, 0.2) is 58.7 Å². The molecule has 0 aliphatic carbocycles. The van der Waals surface area contributed by atoms with E-state index in [-0.39, 0.29) is 11.7 Å². The predicted octanol–water partition coefficient (Wildman–Crippen LogP) is 6.79. The maximum absolute atomic E-state index is 12.1. The van der Waals surface area contributed by atoms with Gasteiger partial charge in [-0.05, 0) is 61.9 Å². The van der Waals surface area contributed by atoms with Crippen molar-refractivity contribution in [1.82, 2.24) is 4.98 Å². The SMILES string of the molecule is CC.CCCCC1=C(Cc2ccccc2C)C(C)C(c2ncccc2C(C)=O)=NC1. The number of hydrogen-bond acceptors (Lipinski definition) is 3. The number of carbonyl (C=O) groups is 1. The van der Waals surface area contributed by atoms with Gasteiger partial charge in [0, 0.05) is 17.7 Å². The molecular weight excluding hydrogens is 368 g/mol. The topological polar surface area (TPSA) is 42.3 Å². The van der Waals surface area contributed by atoms with Crippen LogP contribution >= 0.6 is 0 Å². The van der Waals surface area contributed by atoms with Gasteiger partial charge in [-0.2, -0.15) is 0 Å². The van der Waals surface area contributed by atoms with Crippen LogP contribution in [0.1, 0.15) is 81.1 Å². The normalized spacial score (nSPS) is 15.9. The Hall–Kier alpha value is -2.55. The Labute approximate surface area is 182 Å². The molecule has 0 bridgehead atoms. The molecule has 1 aliphatic rings. The molecule has 3 nitrogen and oxygen atoms in total. The first kappa shape index (κ1) is 23.7. The second-order valence-electron chi connectivity index (χ2n) is 7.71. The summed E-state index contributed by atoms with van der Waals surface area (Å²) >= 11 is 0. The number of dihydropyridines is 1. The minimum absolute atomic E-state index is 0.0409. The second kappa shape index (κ2) is 11.6. The van der Waals surface area contributed by atoms with E-state index in [4.69, 9.17) is 4.99 Å². The fourth-order valence-corrected chi connectivity index (χ4v) is 3.99. The number of carbonyl (C=O) groups excluding carboxylic acids is 1. The number of benzene rings is 1. The number of aromatic nitrogens is 1. The Bertz CT molecular complexity index is 924. The lowest BCUT2D eigenvalue weighted by Gasteiger charge is -2.28. The van der Waals surface area contributed by atoms with E-state index in [0.717, 1.165) is 30.8 Å². The fourth-order valence-electron chi connectivity index (χ4n) is 3.99. The van der Waals surface area contributed by atoms with Crippen molar-refractivity contribution in [3.63, 3.8) is 0 Å². The number of unbranched alkanes of at least 4 members (excludes halogenated alkanes) is 1. The summed E-state index contributed by atoms with van der Waals surface area (Å²) in [5.74, 6) is 0.201. The molecule has 1 atom stereocenters. The summed E-state index contributed by atoms with van der Waals surface area (Å²) in [6.45, 7) is 12.9. The molecule has 3 heteroatoms. The molecule has 160 valence electrons. The van der Waals surface area contributed by atoms with Gasteiger partial charge in [-0.3, -0.25) is 14.8 Å². The van der Waals surface area contributed by atoms with Crippen molar-refractivity contribution < 1.29 is 4.79 Å². The van der Waals surface area contributed by atoms with Crippen molar-refractivity contribution in [1.29, 1.82) is 0 Å². The lowest BCUT2D eigenvalue weighted by Crippen LogP contribution is -2.26. The number of aryl methyl sites for hydroxylation is 1. The number of nitrogens with zero attached hydrogens (tertiary/aromatic N) is 2. The molecular formula is C27H36N2O. The largest absolute Gasteiger partial charge is 0.294 e. The smallest absolute Gasteiger partial charge is 0.162 e. The molecule has 1 aromatic carbocycles. The Balaban J connectivity index is 0.00000155. The van der Waals surface area contributed by atoms with Crippen LogP contribution in [0.5, 0.6) is 0 Å². The average Bonchev–Trinajstić information content (AvgIpc) is 2.77. The van der Waals surface area contributed by atoms with E-state index in [2.05, 4.69) is 50.0 Å². The molecule has 0 fully saturated rings. The van der Waals surface area contributed by atoms with Crippen LogP contribution in [-0.4, -0.2) is 23.0 Å². The third-order valence-electron chi connectivity index (χ3n) is 5.73. The van der Waals surface area contributed by atoms with Gasteiger partial charge in [0.15, 0.2) is 5.78 Å². The minimum Gasteiger partial charge on any atom is -0.294 e. The summed E-state index contributed by atoms with van der Waals surface area (Å²) in [6.07, 6.45) is 6.16. The first-order chi connectivity index (χ1) is 14.5. The van der Waals surface area contributed by atoms with Gasteiger partial charge < -0.3 is 0 Å². The van der Waals surface area contributed by atoms with Crippen LogP contribution in [0.3, 0.4) is 0 Å². The van der Waals surface area contributed by atoms with Crippen molar-refractivity contribution >= 4 is 11.5 Å². The number of hydrogen-bond donors (Lipinski definition) is 0. The highest BCUT2D eigenvalue weighted by Gasteiger charge is 2.27. The Morgan fingerprint density at radius 2 is 1.87 bits per heavy atom. The Kier molecular flexibility index (Phi) is 9.16. The molecule has 3 rings (SSSR count). The standard InChI is InChI=1S/C25H30N2O.C2H6/c1-5-6-11-21-16-27-24(25-22(19(4)28)13-9-14-26-25)18(3)23(21)15-20-12-8-7-10-17(20)2;1-2/h7-10,12-14,18H,5-6,11,15-16H2,1-4H3;1-2H3. The molecule has 0 N–H and O–H groups in total. The van der Waals surface area contributed by atoms with E-state index >= 15 is 0 Å². The molecule has 0 spiro atoms. The zero-order valence-electron chi connectivity index (χ0n) is 19.5. The van der Waals surface area contributed by atoms with Crippen LogP contribution in [0.4, 0.5) is 0 Å². The molecule has 0 amide bonds. The summed E-state index contributed by atoms with van der Waals surface area (Å²) in [7, 11) is 0. The highest BCUT2D eigenvalue weighted by atomic mass is 16.1. The third-order valence-corrected chi connectivity index (χ3v) is 5.73. The average molecular weight is 405 g/mol. The van der Waals surface area contributed by atoms with Crippen LogP contribution in [0, 0.1) is 12.8 Å². The van der Waals surface area contributed by atoms with Crippen molar-refractivity contribution in [2.45, 2.75) is 67.2 Å². The Morgan fingerprint density at radius 1 is 1.13 bits per heavy atom. The molecule has 30 heavy (non-hydrogen) atoms. The molecule has 0 saturated carbocycles. The predicted molar refractivity (Wildman–Crippen MR) is 128 cm³/mol. The van der Waals surface area contributed by atoms with Crippen LogP contribution in [-0.2, 0) is 6.42 Å². The van der Waals surface area contributed by atoms with Gasteiger partial charge in [-0.25, -0.2) is 0 Å². The first-order valence-electron chi connectivity index (χ1n) is 11.3. The Morgan fingerprint density at radius 3 is 2.53 bits per heavy atom. The maximum atomic E-state index is 12.1. The van der Waals surface area contributed by atoms with Gasteiger partial charge in [0.05, 0.1) is 18.0 Å². The van der Waals surface area contributed by atoms with E-state index in [1.807, 2.05) is 26.0 Å². The zero-order valence-corrected chi connectivity index (χ0v) is 19.5. The minimum atomic E-state index is 0.0409. The molecule has 1 unspecified atom stereocenters. The number of ketones is 1. The van der Waals surface area contributed by atoms with Crippen molar-refractivity contribution in [2.75, 3.05) is 6.54 Å². The summed E-state index contributed by atoms with van der Waals surface area (Å²) in [6, 6.07) is 12.3. The second-order valence-corrected chi connectivity index (χ2v) is 7.71. The van der Waals surface area contributed by atoms with E-state index < -0.39 is 0 Å². The zero-order chi connectivity index (χ0) is 22.1. The number of allylic oxidation sites excluding steroid dienone is 1. The van der Waals surface area contributed by atoms with Gasteiger partial charge in [0.2, 0.25) is 0 Å². The van der Waals surface area contributed by atoms with Gasteiger partial charge >= 0.3 is 0 Å². The van der Waals surface area contributed by atoms with Crippen molar-refractivity contribution in [3.05, 3.63) is 76.1 Å². The lowest BCUT2D eigenvalue weighted by molar-refractivity contribution is 0.101. The van der Waals surface area contributed by atoms with E-state index in [9.17, 15) is 4.79 Å². The summed E-state index contributed by atoms with van der Waals surface area (Å²) in [5.41, 5.74) is 7.97. The molecule has 2 aromatic rings. The van der Waals surface area contributed by atoms with Crippen LogP contribution in [0.25, 0.3) is 0 Å².